The van der Waals surface area contributed by atoms with Gasteiger partial charge in [0.1, 0.15) is 0 Å². The highest BCUT2D eigenvalue weighted by atomic mass is 28.3. The predicted molar refractivity (Wildman–Crippen MR) is 190 cm³/mol. The summed E-state index contributed by atoms with van der Waals surface area (Å²) in [6.45, 7) is 15.6. The molecule has 0 aliphatic carbocycles. The summed E-state index contributed by atoms with van der Waals surface area (Å²) in [5.41, 5.74) is 1.88. The van der Waals surface area contributed by atoms with Crippen LogP contribution in [-0.4, -0.2) is 39.3 Å². The molecule has 0 fully saturated rings. The first-order valence-electron chi connectivity index (χ1n) is 16.3. The van der Waals surface area contributed by atoms with Crippen molar-refractivity contribution in [3.63, 3.8) is 0 Å². The summed E-state index contributed by atoms with van der Waals surface area (Å²) in [6, 6.07) is 27.9. The average Bonchev–Trinajstić information content (AvgIpc) is 3.00. The van der Waals surface area contributed by atoms with E-state index in [1.165, 1.54) is 34.6 Å². The Morgan fingerprint density at radius 2 is 0.792 bits per heavy atom. The lowest BCUT2D eigenvalue weighted by atomic mass is 10.1. The van der Waals surface area contributed by atoms with E-state index >= 15 is 0 Å². The van der Waals surface area contributed by atoms with Crippen LogP contribution in [0.1, 0.15) is 33.4 Å². The maximum absolute atomic E-state index is 13.5. The van der Waals surface area contributed by atoms with E-state index in [4.69, 9.17) is 0 Å². The number of hydrogen-bond donors (Lipinski definition) is 0. The summed E-state index contributed by atoms with van der Waals surface area (Å²) in [5, 5.41) is 6.93. The zero-order chi connectivity index (χ0) is 35.3. The second-order valence-electron chi connectivity index (χ2n) is 14.6. The minimum Gasteiger partial charge on any atom is -0.237 e. The fraction of sp³-hybridized carbons (Fsp3) is 0.368. The van der Waals surface area contributed by atoms with Gasteiger partial charge in [-0.05, 0) is 47.2 Å². The Kier molecular flexibility index (Phi) is 11.9. The zero-order valence-corrected chi connectivity index (χ0v) is 30.6. The van der Waals surface area contributed by atoms with E-state index in [0.717, 1.165) is 23.3 Å². The Bertz CT molecular complexity index is 1500. The van der Waals surface area contributed by atoms with Gasteiger partial charge >= 0.3 is 12.4 Å². The fourth-order valence-corrected chi connectivity index (χ4v) is 7.94. The van der Waals surface area contributed by atoms with Crippen molar-refractivity contribution < 1.29 is 26.3 Å². The lowest BCUT2D eigenvalue weighted by molar-refractivity contribution is -0.138. The molecule has 10 heteroatoms. The van der Waals surface area contributed by atoms with Crippen LogP contribution in [-0.2, 0) is 38.3 Å². The highest BCUT2D eigenvalue weighted by Gasteiger charge is 2.31. The smallest absolute Gasteiger partial charge is 0.237 e. The summed E-state index contributed by atoms with van der Waals surface area (Å²) in [4.78, 5) is 0. The lowest BCUT2D eigenvalue weighted by Crippen LogP contribution is -2.44. The zero-order valence-electron chi connectivity index (χ0n) is 28.6. The van der Waals surface area contributed by atoms with Crippen molar-refractivity contribution in [2.45, 2.75) is 77.6 Å². The average molecular weight is 701 g/mol. The number of nitrogens with zero attached hydrogens (tertiary/aromatic N) is 2. The molecule has 0 aromatic heterocycles. The lowest BCUT2D eigenvalue weighted by Gasteiger charge is -2.36. The molecule has 0 N–H and O–H groups in total. The van der Waals surface area contributed by atoms with Gasteiger partial charge < -0.3 is 0 Å². The van der Waals surface area contributed by atoms with E-state index in [2.05, 4.69) is 97.8 Å². The van der Waals surface area contributed by atoms with Crippen LogP contribution in [0.15, 0.2) is 97.1 Å². The molecule has 4 aromatic carbocycles. The van der Waals surface area contributed by atoms with E-state index in [9.17, 15) is 26.3 Å². The topological polar surface area (TPSA) is 6.48 Å². The normalized spacial score (nSPS) is 13.0. The molecule has 258 valence electrons. The number of alkyl halides is 6. The summed E-state index contributed by atoms with van der Waals surface area (Å²) in [7, 11) is -3.06. The van der Waals surface area contributed by atoms with Crippen LogP contribution in [0.5, 0.6) is 0 Å². The van der Waals surface area contributed by atoms with Gasteiger partial charge in [0.15, 0.2) is 0 Å². The minimum absolute atomic E-state index is 0.367. The second-order valence-corrected chi connectivity index (χ2v) is 24.7. The van der Waals surface area contributed by atoms with Crippen molar-refractivity contribution in [1.82, 2.24) is 10.0 Å². The van der Waals surface area contributed by atoms with E-state index in [-0.39, 0.29) is 0 Å². The molecule has 0 aliphatic rings. The monoisotopic (exact) mass is 700 g/mol. The summed E-state index contributed by atoms with van der Waals surface area (Å²) >= 11 is 0. The van der Waals surface area contributed by atoms with E-state index < -0.39 is 39.6 Å². The van der Waals surface area contributed by atoms with Crippen molar-refractivity contribution in [1.29, 1.82) is 0 Å². The van der Waals surface area contributed by atoms with Crippen molar-refractivity contribution >= 4 is 26.5 Å². The molecular weight excluding hydrogens is 655 g/mol. The number of halogens is 6. The van der Waals surface area contributed by atoms with Crippen LogP contribution in [0, 0.1) is 0 Å². The summed E-state index contributed by atoms with van der Waals surface area (Å²) in [6.07, 6.45) is -8.14. The van der Waals surface area contributed by atoms with Crippen molar-refractivity contribution in [2.75, 3.05) is 13.1 Å². The molecule has 0 bridgehead atoms. The van der Waals surface area contributed by atoms with Crippen molar-refractivity contribution in [3.05, 3.63) is 130 Å². The molecule has 0 aliphatic heterocycles. The van der Waals surface area contributed by atoms with Crippen LogP contribution < -0.4 is 10.4 Å². The molecule has 4 aromatic rings. The third kappa shape index (κ3) is 10.9. The van der Waals surface area contributed by atoms with Gasteiger partial charge in [-0.3, -0.25) is 0 Å². The molecule has 4 rings (SSSR count). The first kappa shape index (κ1) is 37.6. The van der Waals surface area contributed by atoms with E-state index in [1.807, 2.05) is 0 Å². The number of hydrogen-bond acceptors (Lipinski definition) is 2. The van der Waals surface area contributed by atoms with Gasteiger partial charge in [0.05, 0.1) is 27.3 Å². The Balaban J connectivity index is 1.68. The molecule has 0 saturated carbocycles. The van der Waals surface area contributed by atoms with Crippen LogP contribution >= 0.6 is 0 Å². The Morgan fingerprint density at radius 1 is 0.458 bits per heavy atom. The molecule has 0 radical (unpaired) electrons. The highest BCUT2D eigenvalue weighted by Crippen LogP contribution is 2.31. The van der Waals surface area contributed by atoms with E-state index in [1.54, 1.807) is 12.1 Å². The maximum atomic E-state index is 13.5. The Morgan fingerprint density at radius 3 is 1.08 bits per heavy atom. The SMILES string of the molecule is C[Si](C)(C)c1ccc(CN(CCc2cccc(C(F)(F)F)c2)N(CCc2cccc(C(F)(F)F)c2)Cc2ccc([Si](C)(C)C)cc2)cc1. The van der Waals surface area contributed by atoms with Crippen LogP contribution in [0.3, 0.4) is 0 Å². The quantitative estimate of drug-likeness (QED) is 0.0779. The molecule has 0 amide bonds. The summed E-state index contributed by atoms with van der Waals surface area (Å²) in [5.74, 6) is 0. The van der Waals surface area contributed by atoms with Crippen LogP contribution in [0.2, 0.25) is 39.3 Å². The molecule has 0 spiro atoms. The Labute approximate surface area is 283 Å². The van der Waals surface area contributed by atoms with Gasteiger partial charge in [0.2, 0.25) is 0 Å². The fourth-order valence-electron chi connectivity index (χ4n) is 5.61. The first-order valence-corrected chi connectivity index (χ1v) is 23.3. The molecule has 0 heterocycles. The third-order valence-electron chi connectivity index (χ3n) is 8.60. The van der Waals surface area contributed by atoms with Crippen LogP contribution in [0.4, 0.5) is 26.3 Å². The number of benzene rings is 4. The number of rotatable bonds is 13. The molecule has 0 saturated heterocycles. The standard InChI is InChI=1S/C38H46F6N2Si2/c1-47(2,3)35-17-13-31(14-18-35)27-45(23-21-29-9-7-11-33(25-29)37(39,40)41)46(28-32-15-19-36(20-16-32)48(4,5)6)24-22-30-10-8-12-34(26-30)38(42,43)44/h7-20,25-26H,21-24,27-28H2,1-6H3. The van der Waals surface area contributed by atoms with Gasteiger partial charge in [-0.15, -0.1) is 0 Å². The van der Waals surface area contributed by atoms with Crippen LogP contribution in [0.25, 0.3) is 0 Å². The van der Waals surface area contributed by atoms with Gasteiger partial charge in [-0.25, -0.2) is 10.0 Å². The molecule has 0 atom stereocenters. The van der Waals surface area contributed by atoms with Gasteiger partial charge in [-0.1, -0.05) is 135 Å². The van der Waals surface area contributed by atoms with Gasteiger partial charge in [0, 0.05) is 26.2 Å². The molecule has 0 unspecified atom stereocenters. The molecular formula is C38H46F6N2Si2. The van der Waals surface area contributed by atoms with Gasteiger partial charge in [-0.2, -0.15) is 26.3 Å². The van der Waals surface area contributed by atoms with Gasteiger partial charge in [0.25, 0.3) is 0 Å². The minimum atomic E-state index is -4.44. The summed E-state index contributed by atoms with van der Waals surface area (Å²) < 4.78 is 81.1. The maximum Gasteiger partial charge on any atom is 0.416 e. The highest BCUT2D eigenvalue weighted by molar-refractivity contribution is 6.89. The molecule has 2 nitrogen and oxygen atoms in total. The van der Waals surface area contributed by atoms with E-state index in [0.29, 0.717) is 50.1 Å². The van der Waals surface area contributed by atoms with Crippen molar-refractivity contribution in [3.8, 4) is 0 Å². The second kappa shape index (κ2) is 15.1. The largest absolute Gasteiger partial charge is 0.416 e. The Hall–Kier alpha value is -3.19. The number of hydrazine groups is 1. The first-order chi connectivity index (χ1) is 22.3. The third-order valence-corrected chi connectivity index (χ3v) is 12.7. The van der Waals surface area contributed by atoms with Crippen molar-refractivity contribution in [2.24, 2.45) is 0 Å². The predicted octanol–water partition coefficient (Wildman–Crippen LogP) is 9.52. The molecule has 48 heavy (non-hydrogen) atoms.